The summed E-state index contributed by atoms with van der Waals surface area (Å²) in [7, 11) is 0. The van der Waals surface area contributed by atoms with Crippen molar-refractivity contribution in [3.63, 3.8) is 0 Å². The van der Waals surface area contributed by atoms with Gasteiger partial charge in [-0.15, -0.1) is 0 Å². The van der Waals surface area contributed by atoms with Gasteiger partial charge in [0.1, 0.15) is 0 Å². The van der Waals surface area contributed by atoms with Gasteiger partial charge in [0.25, 0.3) is 0 Å². The van der Waals surface area contributed by atoms with Gasteiger partial charge < -0.3 is 21.1 Å². The third kappa shape index (κ3) is 3.57. The van der Waals surface area contributed by atoms with Crippen molar-refractivity contribution in [1.29, 1.82) is 0 Å². The molecule has 1 amide bonds. The highest BCUT2D eigenvalue weighted by Gasteiger charge is 2.24. The fraction of sp³-hybridized carbons (Fsp3) is 0.500. The van der Waals surface area contributed by atoms with Crippen molar-refractivity contribution in [2.45, 2.75) is 31.3 Å². The summed E-state index contributed by atoms with van der Waals surface area (Å²) in [5.41, 5.74) is 7.94. The zero-order valence-corrected chi connectivity index (χ0v) is 12.5. The first-order valence-electron chi connectivity index (χ1n) is 7.76. The number of amides is 1. The third-order valence-electron chi connectivity index (χ3n) is 4.13. The van der Waals surface area contributed by atoms with Gasteiger partial charge in [0.2, 0.25) is 5.91 Å². The van der Waals surface area contributed by atoms with Crippen LogP contribution in [-0.2, 0) is 9.53 Å². The Balaban J connectivity index is 1.56. The Morgan fingerprint density at radius 1 is 1.45 bits per heavy atom. The summed E-state index contributed by atoms with van der Waals surface area (Å²) < 4.78 is 5.52. The zero-order valence-electron chi connectivity index (χ0n) is 12.5. The molecule has 6 heteroatoms. The van der Waals surface area contributed by atoms with Gasteiger partial charge in [-0.05, 0) is 24.5 Å². The van der Waals surface area contributed by atoms with E-state index in [9.17, 15) is 4.79 Å². The molecule has 1 saturated heterocycles. The number of para-hydroxylation sites is 1. The summed E-state index contributed by atoms with van der Waals surface area (Å²) in [6, 6.07) is 7.87. The maximum atomic E-state index is 11.8. The highest BCUT2D eigenvalue weighted by Crippen LogP contribution is 2.31. The number of hydrogen-bond donors (Lipinski definition) is 3. The number of hydrogen-bond acceptors (Lipinski definition) is 3. The van der Waals surface area contributed by atoms with E-state index in [0.717, 1.165) is 30.7 Å². The number of nitrogens with zero attached hydrogens (tertiary/aromatic N) is 1. The van der Waals surface area contributed by atoms with Crippen LogP contribution in [0, 0.1) is 0 Å². The molecule has 0 bridgehead atoms. The Labute approximate surface area is 130 Å². The van der Waals surface area contributed by atoms with Crippen molar-refractivity contribution in [2.24, 2.45) is 10.7 Å². The molecule has 118 valence electrons. The van der Waals surface area contributed by atoms with Gasteiger partial charge in [-0.2, -0.15) is 0 Å². The van der Waals surface area contributed by atoms with E-state index in [4.69, 9.17) is 10.5 Å². The molecular weight excluding hydrogens is 280 g/mol. The third-order valence-corrected chi connectivity index (χ3v) is 4.13. The van der Waals surface area contributed by atoms with E-state index in [2.05, 4.69) is 15.6 Å². The lowest BCUT2D eigenvalue weighted by Gasteiger charge is -2.25. The Morgan fingerprint density at radius 2 is 2.32 bits per heavy atom. The van der Waals surface area contributed by atoms with Crippen molar-refractivity contribution in [3.8, 4) is 0 Å². The smallest absolute Gasteiger partial charge is 0.225 e. The number of rotatable bonds is 4. The summed E-state index contributed by atoms with van der Waals surface area (Å²) in [4.78, 5) is 16.1. The number of benzene rings is 1. The van der Waals surface area contributed by atoms with E-state index < -0.39 is 0 Å². The summed E-state index contributed by atoms with van der Waals surface area (Å²) in [5, 5.41) is 6.02. The van der Waals surface area contributed by atoms with Crippen LogP contribution in [0.3, 0.4) is 0 Å². The van der Waals surface area contributed by atoms with Crippen LogP contribution in [0.2, 0.25) is 0 Å². The molecule has 0 saturated carbocycles. The van der Waals surface area contributed by atoms with Crippen molar-refractivity contribution >= 4 is 17.6 Å². The van der Waals surface area contributed by atoms with Crippen molar-refractivity contribution in [1.82, 2.24) is 5.32 Å². The Kier molecular flexibility index (Phi) is 4.58. The van der Waals surface area contributed by atoms with Crippen LogP contribution < -0.4 is 16.4 Å². The van der Waals surface area contributed by atoms with E-state index >= 15 is 0 Å². The number of aliphatic imine (C=N–C) groups is 1. The van der Waals surface area contributed by atoms with E-state index in [-0.39, 0.29) is 17.9 Å². The number of nitrogens with two attached hydrogens (primary N) is 1. The molecule has 0 aromatic heterocycles. The SMILES string of the molecule is NC(=NCC1CCCO1)NCC1CC(=O)Nc2ccccc21. The molecule has 2 heterocycles. The molecule has 3 rings (SSSR count). The lowest BCUT2D eigenvalue weighted by Crippen LogP contribution is -2.37. The molecule has 22 heavy (non-hydrogen) atoms. The molecule has 0 aliphatic carbocycles. The highest BCUT2D eigenvalue weighted by molar-refractivity contribution is 5.94. The summed E-state index contributed by atoms with van der Waals surface area (Å²) in [6.07, 6.45) is 2.80. The molecule has 6 nitrogen and oxygen atoms in total. The van der Waals surface area contributed by atoms with Crippen molar-refractivity contribution < 1.29 is 9.53 Å². The van der Waals surface area contributed by atoms with Crippen LogP contribution in [-0.4, -0.2) is 37.7 Å². The number of ether oxygens (including phenoxy) is 1. The largest absolute Gasteiger partial charge is 0.376 e. The first-order valence-corrected chi connectivity index (χ1v) is 7.76. The second-order valence-electron chi connectivity index (χ2n) is 5.78. The molecule has 1 aromatic rings. The fourth-order valence-corrected chi connectivity index (χ4v) is 2.96. The predicted molar refractivity (Wildman–Crippen MR) is 85.9 cm³/mol. The minimum Gasteiger partial charge on any atom is -0.376 e. The van der Waals surface area contributed by atoms with E-state index in [1.165, 1.54) is 0 Å². The molecule has 0 spiro atoms. The second kappa shape index (κ2) is 6.79. The Hall–Kier alpha value is -2.08. The molecule has 2 unspecified atom stereocenters. The average Bonchev–Trinajstić information content (AvgIpc) is 3.04. The van der Waals surface area contributed by atoms with Gasteiger partial charge in [0.05, 0.1) is 12.6 Å². The lowest BCUT2D eigenvalue weighted by atomic mass is 9.90. The van der Waals surface area contributed by atoms with Gasteiger partial charge in [-0.1, -0.05) is 18.2 Å². The topological polar surface area (TPSA) is 88.7 Å². The first-order chi connectivity index (χ1) is 10.7. The fourth-order valence-electron chi connectivity index (χ4n) is 2.96. The van der Waals surface area contributed by atoms with Crippen LogP contribution in [0.4, 0.5) is 5.69 Å². The van der Waals surface area contributed by atoms with Crippen molar-refractivity contribution in [2.75, 3.05) is 25.0 Å². The first kappa shape index (κ1) is 14.8. The number of nitrogens with one attached hydrogen (secondary N) is 2. The lowest BCUT2D eigenvalue weighted by molar-refractivity contribution is -0.116. The molecule has 0 radical (unpaired) electrons. The normalized spacial score (nSPS) is 24.7. The van der Waals surface area contributed by atoms with Gasteiger partial charge in [0.15, 0.2) is 5.96 Å². The maximum absolute atomic E-state index is 11.8. The molecule has 2 aliphatic rings. The van der Waals surface area contributed by atoms with Gasteiger partial charge in [-0.3, -0.25) is 9.79 Å². The minimum absolute atomic E-state index is 0.0420. The number of carbonyl (C=O) groups excluding carboxylic acids is 1. The van der Waals surface area contributed by atoms with Crippen LogP contribution in [0.1, 0.15) is 30.7 Å². The van der Waals surface area contributed by atoms with Crippen LogP contribution in [0.15, 0.2) is 29.3 Å². The number of carbonyl (C=O) groups is 1. The van der Waals surface area contributed by atoms with E-state index in [0.29, 0.717) is 25.5 Å². The Morgan fingerprint density at radius 3 is 3.14 bits per heavy atom. The van der Waals surface area contributed by atoms with Crippen molar-refractivity contribution in [3.05, 3.63) is 29.8 Å². The number of fused-ring (bicyclic) bond motifs is 1. The zero-order chi connectivity index (χ0) is 15.4. The molecular formula is C16H22N4O2. The number of anilines is 1. The predicted octanol–water partition coefficient (Wildman–Crippen LogP) is 1.20. The number of guanidine groups is 1. The van der Waals surface area contributed by atoms with E-state index in [1.54, 1.807) is 0 Å². The van der Waals surface area contributed by atoms with E-state index in [1.807, 2.05) is 24.3 Å². The molecule has 1 aromatic carbocycles. The van der Waals surface area contributed by atoms with Crippen LogP contribution >= 0.6 is 0 Å². The molecule has 2 atom stereocenters. The summed E-state index contributed by atoms with van der Waals surface area (Å²) in [6.45, 7) is 2.02. The minimum atomic E-state index is 0.0420. The molecule has 4 N–H and O–H groups in total. The monoisotopic (exact) mass is 302 g/mol. The van der Waals surface area contributed by atoms with Crippen LogP contribution in [0.5, 0.6) is 0 Å². The molecule has 1 fully saturated rings. The summed E-state index contributed by atoms with van der Waals surface area (Å²) >= 11 is 0. The van der Waals surface area contributed by atoms with Gasteiger partial charge in [-0.25, -0.2) is 0 Å². The highest BCUT2D eigenvalue weighted by atomic mass is 16.5. The maximum Gasteiger partial charge on any atom is 0.225 e. The van der Waals surface area contributed by atoms with Gasteiger partial charge in [0, 0.05) is 31.2 Å². The standard InChI is InChI=1S/C16H22N4O2/c17-16(19-10-12-4-3-7-22-12)18-9-11-8-15(21)20-14-6-2-1-5-13(11)14/h1-2,5-6,11-12H,3-4,7-10H2,(H,20,21)(H3,17,18,19). The van der Waals surface area contributed by atoms with Gasteiger partial charge >= 0.3 is 0 Å². The quantitative estimate of drug-likeness (QED) is 0.576. The second-order valence-corrected chi connectivity index (χ2v) is 5.78. The molecule has 2 aliphatic heterocycles. The van der Waals surface area contributed by atoms with Crippen LogP contribution in [0.25, 0.3) is 0 Å². The average molecular weight is 302 g/mol. The Bertz CT molecular complexity index is 567. The summed E-state index contributed by atoms with van der Waals surface area (Å²) in [5.74, 6) is 0.570.